The van der Waals surface area contributed by atoms with Gasteiger partial charge in [0.25, 0.3) is 0 Å². The van der Waals surface area contributed by atoms with E-state index in [1.807, 2.05) is 36.9 Å². The average Bonchev–Trinajstić information content (AvgIpc) is 3.48. The molecule has 0 saturated carbocycles. The Bertz CT molecular complexity index is 1780. The lowest BCUT2D eigenvalue weighted by Gasteiger charge is -2.34. The zero-order valence-electron chi connectivity index (χ0n) is 33.6. The highest BCUT2D eigenvalue weighted by Gasteiger charge is 2.25. The number of piperazine rings is 1. The van der Waals surface area contributed by atoms with Crippen LogP contribution in [-0.4, -0.2) is 80.9 Å². The number of ether oxygens (including phenoxy) is 3. The molecule has 2 aliphatic rings. The molecule has 0 bridgehead atoms. The second-order valence-corrected chi connectivity index (χ2v) is 14.3. The molecule has 1 N–H and O–H groups in total. The second-order valence-electron chi connectivity index (χ2n) is 14.3. The van der Waals surface area contributed by atoms with E-state index in [1.165, 1.54) is 7.11 Å². The summed E-state index contributed by atoms with van der Waals surface area (Å²) in [5, 5.41) is 2.89. The van der Waals surface area contributed by atoms with Gasteiger partial charge in [0.2, 0.25) is 5.95 Å². The Kier molecular flexibility index (Phi) is 16.3. The zero-order valence-corrected chi connectivity index (χ0v) is 33.6. The van der Waals surface area contributed by atoms with Gasteiger partial charge in [0.15, 0.2) is 7.98 Å². The van der Waals surface area contributed by atoms with E-state index in [-0.39, 0.29) is 18.4 Å². The van der Waals surface area contributed by atoms with Gasteiger partial charge in [0, 0.05) is 56.3 Å². The Hall–Kier alpha value is -4.51. The topological polar surface area (TPSA) is 98.2 Å². The summed E-state index contributed by atoms with van der Waals surface area (Å²) in [6.07, 6.45) is 15.1. The number of anilines is 2. The molecule has 54 heavy (non-hydrogen) atoms. The predicted octanol–water partition coefficient (Wildman–Crippen LogP) is 8.83. The summed E-state index contributed by atoms with van der Waals surface area (Å²) in [5.41, 5.74) is 7.14. The fourth-order valence-corrected chi connectivity index (χ4v) is 7.19. The van der Waals surface area contributed by atoms with Gasteiger partial charge in [-0.1, -0.05) is 50.6 Å². The number of nitrogens with zero attached hydrogens (tertiary/aromatic N) is 4. The Labute approximate surface area is 324 Å². The van der Waals surface area contributed by atoms with Crippen molar-refractivity contribution >= 4 is 42.7 Å². The number of carbonyl (C=O) groups is 2. The van der Waals surface area contributed by atoms with E-state index in [2.05, 4.69) is 72.5 Å². The highest BCUT2D eigenvalue weighted by atomic mass is 16.5. The van der Waals surface area contributed by atoms with E-state index >= 15 is 0 Å². The maximum atomic E-state index is 12.8. The number of hydrogen-bond donors (Lipinski definition) is 1. The van der Waals surface area contributed by atoms with Crippen molar-refractivity contribution < 1.29 is 23.8 Å². The lowest BCUT2D eigenvalue weighted by Crippen LogP contribution is -2.45. The SMILES string of the molecule is [B]N1CCN(c2ccc3nc(NC(=O)OCC)n(C[C@@H]4CC=C[C@H](CO/C(CCC)=C(\C(=C)/C=C(\C=C(\C)CCC)C(=O)OC)C(C)=CC)C4)c3c2)CC1. The van der Waals surface area contributed by atoms with Crippen molar-refractivity contribution in [1.29, 1.82) is 0 Å². The Balaban J connectivity index is 1.59. The lowest BCUT2D eigenvalue weighted by atomic mass is 9.87. The molecule has 1 aromatic heterocycles. The van der Waals surface area contributed by atoms with Crippen LogP contribution in [0.5, 0.6) is 0 Å². The summed E-state index contributed by atoms with van der Waals surface area (Å²) in [6.45, 7) is 21.3. The molecule has 0 unspecified atom stereocenters. The summed E-state index contributed by atoms with van der Waals surface area (Å²) in [5.74, 6) is 1.41. The number of imidazole rings is 1. The first-order chi connectivity index (χ1) is 26.0. The number of hydrogen-bond acceptors (Lipinski definition) is 8. The Morgan fingerprint density at radius 1 is 1.06 bits per heavy atom. The number of fused-ring (bicyclic) bond motifs is 1. The van der Waals surface area contributed by atoms with E-state index in [0.29, 0.717) is 30.2 Å². The first kappa shape index (κ1) is 42.2. The van der Waals surface area contributed by atoms with Crippen molar-refractivity contribution in [3.8, 4) is 0 Å². The van der Waals surface area contributed by atoms with Crippen molar-refractivity contribution in [3.05, 3.63) is 88.8 Å². The predicted molar refractivity (Wildman–Crippen MR) is 220 cm³/mol. The summed E-state index contributed by atoms with van der Waals surface area (Å²) < 4.78 is 19.2. The molecule has 2 radical (unpaired) electrons. The zero-order chi connectivity index (χ0) is 39.2. The van der Waals surface area contributed by atoms with Gasteiger partial charge in [0.1, 0.15) is 5.76 Å². The van der Waals surface area contributed by atoms with Crippen molar-refractivity contribution in [3.63, 3.8) is 0 Å². The third-order valence-corrected chi connectivity index (χ3v) is 10.0. The molecule has 4 rings (SSSR count). The van der Waals surface area contributed by atoms with Crippen molar-refractivity contribution in [1.82, 2.24) is 14.4 Å². The number of nitrogens with one attached hydrogen (secondary N) is 1. The van der Waals surface area contributed by atoms with Gasteiger partial charge >= 0.3 is 12.1 Å². The average molecular weight is 738 g/mol. The summed E-state index contributed by atoms with van der Waals surface area (Å²) >= 11 is 0. The van der Waals surface area contributed by atoms with Gasteiger partial charge in [0.05, 0.1) is 36.9 Å². The van der Waals surface area contributed by atoms with Crippen LogP contribution in [0.25, 0.3) is 11.0 Å². The van der Waals surface area contributed by atoms with E-state index < -0.39 is 12.1 Å². The van der Waals surface area contributed by atoms with Gasteiger partial charge < -0.3 is 28.5 Å². The minimum atomic E-state index is -0.520. The standard InChI is InChI=1S/C43H60BN5O5/c1-9-14-30(5)24-35(41(50)52-8)25-32(7)40(31(6)11-3)39(15-10-2)54-29-34-17-13-16-33(26-34)28-49-38-27-36(47-20-22-48(44)23-21-47)18-19-37(38)45-42(49)46-43(51)53-12-4/h11,13,17-19,24-25,27,33-34H,7,9-10,12,14-16,20-23,26,28-29H2,1-6,8H3,(H,45,46,51)/b30-24-,31-11?,35-25+,40-39-/t33-,34+/m1/s1. The number of rotatable bonds is 17. The number of aromatic nitrogens is 2. The third kappa shape index (κ3) is 11.5. The maximum Gasteiger partial charge on any atom is 0.413 e. The Morgan fingerprint density at radius 3 is 2.46 bits per heavy atom. The highest BCUT2D eigenvalue weighted by molar-refractivity contribution is 6.04. The van der Waals surface area contributed by atoms with Gasteiger partial charge in [-0.05, 0) is 101 Å². The molecule has 2 aromatic rings. The molecule has 1 amide bonds. The van der Waals surface area contributed by atoms with E-state index in [4.69, 9.17) is 27.2 Å². The van der Waals surface area contributed by atoms with Crippen LogP contribution in [0.1, 0.15) is 80.1 Å². The molecule has 1 fully saturated rings. The summed E-state index contributed by atoms with van der Waals surface area (Å²) in [6, 6.07) is 6.28. The van der Waals surface area contributed by atoms with Crippen LogP contribution in [0, 0.1) is 11.8 Å². The molecule has 1 saturated heterocycles. The first-order valence-electron chi connectivity index (χ1n) is 19.5. The quantitative estimate of drug-likeness (QED) is 0.0430. The molecular weight excluding hydrogens is 677 g/mol. The summed E-state index contributed by atoms with van der Waals surface area (Å²) in [4.78, 5) is 34.4. The number of benzene rings is 1. The van der Waals surface area contributed by atoms with E-state index in [9.17, 15) is 9.59 Å². The van der Waals surface area contributed by atoms with E-state index in [1.54, 1.807) is 6.92 Å². The third-order valence-electron chi connectivity index (χ3n) is 10.0. The Morgan fingerprint density at radius 2 is 1.80 bits per heavy atom. The first-order valence-corrected chi connectivity index (χ1v) is 19.5. The van der Waals surface area contributed by atoms with Crippen LogP contribution in [0.3, 0.4) is 0 Å². The van der Waals surface area contributed by atoms with Crippen molar-refractivity contribution in [2.45, 2.75) is 86.6 Å². The molecule has 11 heteroatoms. The van der Waals surface area contributed by atoms with Crippen LogP contribution >= 0.6 is 0 Å². The smallest absolute Gasteiger partial charge is 0.413 e. The molecule has 290 valence electrons. The highest BCUT2D eigenvalue weighted by Crippen LogP contribution is 2.33. The molecule has 2 atom stereocenters. The van der Waals surface area contributed by atoms with Gasteiger partial charge in [-0.25, -0.2) is 14.6 Å². The minimum absolute atomic E-state index is 0.177. The summed E-state index contributed by atoms with van der Waals surface area (Å²) in [7, 11) is 7.44. The van der Waals surface area contributed by atoms with Crippen LogP contribution < -0.4 is 10.2 Å². The number of allylic oxidation sites excluding steroid dienone is 8. The van der Waals surface area contributed by atoms with Gasteiger partial charge in [-0.2, -0.15) is 0 Å². The lowest BCUT2D eigenvalue weighted by molar-refractivity contribution is -0.135. The molecule has 1 aromatic carbocycles. The van der Waals surface area contributed by atoms with Crippen molar-refractivity contribution in [2.75, 3.05) is 56.7 Å². The molecule has 0 spiro atoms. The fraction of sp³-hybridized carbons (Fsp3) is 0.512. The van der Waals surface area contributed by atoms with Crippen LogP contribution in [0.15, 0.2) is 88.8 Å². The normalized spacial score (nSPS) is 19.1. The van der Waals surface area contributed by atoms with Gasteiger partial charge in [-0.15, -0.1) is 0 Å². The molecule has 10 nitrogen and oxygen atoms in total. The molecule has 1 aliphatic heterocycles. The maximum absolute atomic E-state index is 12.8. The van der Waals surface area contributed by atoms with Crippen molar-refractivity contribution in [2.24, 2.45) is 11.8 Å². The number of amides is 1. The largest absolute Gasteiger partial charge is 0.497 e. The number of carbonyl (C=O) groups excluding carboxylic acids is 2. The molecule has 2 heterocycles. The molecular formula is C43H60BN5O5. The van der Waals surface area contributed by atoms with Crippen LogP contribution in [0.4, 0.5) is 16.4 Å². The number of esters is 1. The van der Waals surface area contributed by atoms with Crippen LogP contribution in [-0.2, 0) is 25.5 Å². The fourth-order valence-electron chi connectivity index (χ4n) is 7.19. The van der Waals surface area contributed by atoms with Gasteiger partial charge in [-0.3, -0.25) is 5.32 Å². The number of methoxy groups -OCH3 is 1. The minimum Gasteiger partial charge on any atom is -0.497 e. The van der Waals surface area contributed by atoms with E-state index in [0.717, 1.165) is 104 Å². The monoisotopic (exact) mass is 737 g/mol. The molecule has 1 aliphatic carbocycles. The van der Waals surface area contributed by atoms with Crippen LogP contribution in [0.2, 0.25) is 0 Å². The second kappa shape index (κ2) is 20.8.